The summed E-state index contributed by atoms with van der Waals surface area (Å²) in [6.45, 7) is 4.13. The molecule has 1 saturated heterocycles. The maximum Gasteiger partial charge on any atom is 0.295 e. The average Bonchev–Trinajstić information content (AvgIpc) is 3.13. The first-order valence-corrected chi connectivity index (χ1v) is 10.7. The Hall–Kier alpha value is -4.39. The summed E-state index contributed by atoms with van der Waals surface area (Å²) in [4.78, 5) is 31.8. The highest BCUT2D eigenvalue weighted by atomic mass is 16.5. The van der Waals surface area contributed by atoms with Gasteiger partial charge in [-0.25, -0.2) is 0 Å². The Labute approximate surface area is 197 Å². The monoisotopic (exact) mass is 456 g/mol. The lowest BCUT2D eigenvalue weighted by Gasteiger charge is -2.25. The zero-order valence-corrected chi connectivity index (χ0v) is 18.7. The van der Waals surface area contributed by atoms with Crippen molar-refractivity contribution in [3.63, 3.8) is 0 Å². The molecule has 0 saturated carbocycles. The summed E-state index contributed by atoms with van der Waals surface area (Å²) in [6.07, 6.45) is 4.92. The van der Waals surface area contributed by atoms with Gasteiger partial charge >= 0.3 is 0 Å². The standard InChI is InChI=1S/C27H24N2O5/c1-3-15-34-22-12-8-20(9-13-22)25(30)23-24(19-6-10-21(33-2)11-7-19)29(27(32)26(23)31)17-18-5-4-14-28-16-18/h3-14,16,24,30H,1,15,17H2,2H3/t24-/m1/s1. The molecule has 1 aliphatic heterocycles. The van der Waals surface area contributed by atoms with Gasteiger partial charge in [0.2, 0.25) is 0 Å². The van der Waals surface area contributed by atoms with Gasteiger partial charge in [0.25, 0.3) is 11.7 Å². The first kappa shape index (κ1) is 22.8. The molecule has 1 aromatic heterocycles. The number of aliphatic hydroxyl groups is 1. The van der Waals surface area contributed by atoms with Gasteiger partial charge in [0, 0.05) is 24.5 Å². The number of pyridine rings is 1. The van der Waals surface area contributed by atoms with Crippen molar-refractivity contribution in [2.45, 2.75) is 12.6 Å². The van der Waals surface area contributed by atoms with Crippen LogP contribution in [0.3, 0.4) is 0 Å². The van der Waals surface area contributed by atoms with Crippen LogP contribution in [0.1, 0.15) is 22.7 Å². The minimum absolute atomic E-state index is 0.0267. The van der Waals surface area contributed by atoms with E-state index in [-0.39, 0.29) is 17.9 Å². The third kappa shape index (κ3) is 4.54. The molecule has 1 N–H and O–H groups in total. The highest BCUT2D eigenvalue weighted by Crippen LogP contribution is 2.40. The number of hydrogen-bond acceptors (Lipinski definition) is 6. The summed E-state index contributed by atoms with van der Waals surface area (Å²) < 4.78 is 10.7. The largest absolute Gasteiger partial charge is 0.507 e. The van der Waals surface area contributed by atoms with Crippen LogP contribution in [0.2, 0.25) is 0 Å². The molecule has 2 heterocycles. The van der Waals surface area contributed by atoms with Gasteiger partial charge in [0.15, 0.2) is 0 Å². The Kier molecular flexibility index (Phi) is 6.73. The molecule has 7 nitrogen and oxygen atoms in total. The smallest absolute Gasteiger partial charge is 0.295 e. The second-order valence-electron chi connectivity index (χ2n) is 7.69. The van der Waals surface area contributed by atoms with E-state index in [9.17, 15) is 14.7 Å². The molecule has 0 spiro atoms. The third-order valence-corrected chi connectivity index (χ3v) is 5.54. The van der Waals surface area contributed by atoms with Crippen LogP contribution in [0.25, 0.3) is 5.76 Å². The van der Waals surface area contributed by atoms with Gasteiger partial charge in [0.1, 0.15) is 23.9 Å². The Bertz CT molecular complexity index is 1220. The fourth-order valence-corrected chi connectivity index (χ4v) is 3.88. The van der Waals surface area contributed by atoms with Gasteiger partial charge in [0.05, 0.1) is 18.7 Å². The molecular formula is C27H24N2O5. The van der Waals surface area contributed by atoms with Crippen LogP contribution < -0.4 is 9.47 Å². The van der Waals surface area contributed by atoms with Crippen LogP contribution >= 0.6 is 0 Å². The summed E-state index contributed by atoms with van der Waals surface area (Å²) in [5.74, 6) is -0.433. The number of ketones is 1. The SMILES string of the molecule is C=CCOc1ccc(C(O)=C2C(=O)C(=O)N(Cc3cccnc3)[C@@H]2c2ccc(OC)cc2)cc1. The first-order chi connectivity index (χ1) is 16.5. The quantitative estimate of drug-likeness (QED) is 0.236. The van der Waals surface area contributed by atoms with E-state index in [1.807, 2.05) is 6.07 Å². The van der Waals surface area contributed by atoms with E-state index in [1.165, 1.54) is 4.90 Å². The molecule has 0 radical (unpaired) electrons. The number of carbonyl (C=O) groups is 2. The predicted molar refractivity (Wildman–Crippen MR) is 127 cm³/mol. The van der Waals surface area contributed by atoms with Crippen molar-refractivity contribution in [1.29, 1.82) is 0 Å². The highest BCUT2D eigenvalue weighted by molar-refractivity contribution is 6.46. The normalized spacial score (nSPS) is 17.0. The Morgan fingerprint density at radius 1 is 1.09 bits per heavy atom. The van der Waals surface area contributed by atoms with Crippen LogP contribution in [0.5, 0.6) is 11.5 Å². The first-order valence-electron chi connectivity index (χ1n) is 10.7. The van der Waals surface area contributed by atoms with Gasteiger partial charge in [-0.2, -0.15) is 0 Å². The molecule has 1 aliphatic rings. The van der Waals surface area contributed by atoms with Gasteiger partial charge in [-0.1, -0.05) is 30.9 Å². The van der Waals surface area contributed by atoms with E-state index < -0.39 is 17.7 Å². The molecule has 172 valence electrons. The molecule has 4 rings (SSSR count). The molecule has 7 heteroatoms. The van der Waals surface area contributed by atoms with Gasteiger partial charge in [-0.3, -0.25) is 14.6 Å². The highest BCUT2D eigenvalue weighted by Gasteiger charge is 2.46. The number of ether oxygens (including phenoxy) is 2. The zero-order chi connectivity index (χ0) is 24.1. The minimum atomic E-state index is -0.775. The van der Waals surface area contributed by atoms with Crippen LogP contribution in [0, 0.1) is 0 Å². The van der Waals surface area contributed by atoms with E-state index in [2.05, 4.69) is 11.6 Å². The molecule has 0 unspecified atom stereocenters. The molecule has 1 amide bonds. The lowest BCUT2D eigenvalue weighted by molar-refractivity contribution is -0.140. The number of aromatic nitrogens is 1. The number of hydrogen-bond donors (Lipinski definition) is 1. The number of amides is 1. The lowest BCUT2D eigenvalue weighted by atomic mass is 9.95. The van der Waals surface area contributed by atoms with Gasteiger partial charge in [-0.05, 0) is 53.6 Å². The Morgan fingerprint density at radius 2 is 1.79 bits per heavy atom. The minimum Gasteiger partial charge on any atom is -0.507 e. The number of nitrogens with zero attached hydrogens (tertiary/aromatic N) is 2. The Balaban J connectivity index is 1.78. The predicted octanol–water partition coefficient (Wildman–Crippen LogP) is 4.28. The molecule has 1 fully saturated rings. The fraction of sp³-hybridized carbons (Fsp3) is 0.148. The summed E-state index contributed by atoms with van der Waals surface area (Å²) in [7, 11) is 1.56. The van der Waals surface area contributed by atoms with Crippen LogP contribution in [0.15, 0.2) is 91.3 Å². The lowest BCUT2D eigenvalue weighted by Crippen LogP contribution is -2.29. The van der Waals surface area contributed by atoms with Crippen molar-refractivity contribution >= 4 is 17.4 Å². The fourth-order valence-electron chi connectivity index (χ4n) is 3.88. The number of Topliss-reactive ketones (excluding diaryl/α,β-unsaturated/α-hetero) is 1. The van der Waals surface area contributed by atoms with E-state index >= 15 is 0 Å². The maximum atomic E-state index is 13.2. The van der Waals surface area contributed by atoms with Crippen molar-refractivity contribution in [1.82, 2.24) is 9.88 Å². The van der Waals surface area contributed by atoms with Crippen LogP contribution in [-0.4, -0.2) is 40.4 Å². The molecular weight excluding hydrogens is 432 g/mol. The summed E-state index contributed by atoms with van der Waals surface area (Å²) in [5, 5.41) is 11.2. The van der Waals surface area contributed by atoms with Crippen molar-refractivity contribution in [2.24, 2.45) is 0 Å². The average molecular weight is 456 g/mol. The van der Waals surface area contributed by atoms with Crippen molar-refractivity contribution in [3.05, 3.63) is 108 Å². The molecule has 2 aromatic carbocycles. The van der Waals surface area contributed by atoms with Crippen LogP contribution in [0.4, 0.5) is 0 Å². The number of rotatable bonds is 8. The zero-order valence-electron chi connectivity index (χ0n) is 18.7. The second-order valence-corrected chi connectivity index (χ2v) is 7.69. The molecule has 3 aromatic rings. The second kappa shape index (κ2) is 10.0. The van der Waals surface area contributed by atoms with E-state index in [0.717, 1.165) is 5.56 Å². The number of carbonyl (C=O) groups excluding carboxylic acids is 2. The van der Waals surface area contributed by atoms with E-state index in [0.29, 0.717) is 29.2 Å². The van der Waals surface area contributed by atoms with Crippen molar-refractivity contribution < 1.29 is 24.2 Å². The number of methoxy groups -OCH3 is 1. The number of aliphatic hydroxyl groups excluding tert-OH is 1. The van der Waals surface area contributed by atoms with Crippen LogP contribution in [-0.2, 0) is 16.1 Å². The summed E-state index contributed by atoms with van der Waals surface area (Å²) in [6, 6.07) is 16.6. The molecule has 0 aliphatic carbocycles. The van der Waals surface area contributed by atoms with Crippen molar-refractivity contribution in [2.75, 3.05) is 13.7 Å². The van der Waals surface area contributed by atoms with Crippen molar-refractivity contribution in [3.8, 4) is 11.5 Å². The third-order valence-electron chi connectivity index (χ3n) is 5.54. The molecule has 0 bridgehead atoms. The molecule has 34 heavy (non-hydrogen) atoms. The van der Waals surface area contributed by atoms with E-state index in [4.69, 9.17) is 9.47 Å². The number of benzene rings is 2. The summed E-state index contributed by atoms with van der Waals surface area (Å²) in [5.41, 5.74) is 1.88. The maximum absolute atomic E-state index is 13.2. The number of likely N-dealkylation sites (tertiary alicyclic amines) is 1. The van der Waals surface area contributed by atoms with Gasteiger partial charge in [-0.15, -0.1) is 0 Å². The topological polar surface area (TPSA) is 89.0 Å². The Morgan fingerprint density at radius 3 is 2.41 bits per heavy atom. The van der Waals surface area contributed by atoms with Gasteiger partial charge < -0.3 is 19.5 Å². The van der Waals surface area contributed by atoms with E-state index in [1.54, 1.807) is 80.2 Å². The summed E-state index contributed by atoms with van der Waals surface area (Å²) >= 11 is 0. The molecule has 1 atom stereocenters.